The molecule has 0 N–H and O–H groups in total. The first kappa shape index (κ1) is 12.2. The lowest BCUT2D eigenvalue weighted by Crippen LogP contribution is -2.17. The van der Waals surface area contributed by atoms with Gasteiger partial charge in [0, 0.05) is 0 Å². The van der Waals surface area contributed by atoms with Gasteiger partial charge in [0.25, 0.3) is 0 Å². The lowest BCUT2D eigenvalue weighted by Gasteiger charge is -2.31. The van der Waals surface area contributed by atoms with E-state index < -0.39 is 0 Å². The van der Waals surface area contributed by atoms with Crippen molar-refractivity contribution in [1.29, 1.82) is 0 Å². The van der Waals surface area contributed by atoms with Gasteiger partial charge in [-0.1, -0.05) is 38.1 Å². The van der Waals surface area contributed by atoms with Gasteiger partial charge in [-0.05, 0) is 54.6 Å². The maximum absolute atomic E-state index is 5.32. The molecule has 0 amide bonds. The van der Waals surface area contributed by atoms with Crippen molar-refractivity contribution in [3.63, 3.8) is 0 Å². The van der Waals surface area contributed by atoms with E-state index in [1.165, 1.54) is 31.2 Å². The first-order valence-electron chi connectivity index (χ1n) is 7.45. The summed E-state index contributed by atoms with van der Waals surface area (Å²) in [6, 6.07) is 9.19. The van der Waals surface area contributed by atoms with Crippen LogP contribution < -0.4 is 0 Å². The molecule has 1 saturated heterocycles. The summed E-state index contributed by atoms with van der Waals surface area (Å²) in [4.78, 5) is 0. The summed E-state index contributed by atoms with van der Waals surface area (Å²) in [6.07, 6.45) is 5.98. The average molecular weight is 244 g/mol. The predicted molar refractivity (Wildman–Crippen MR) is 74.7 cm³/mol. The fourth-order valence-corrected chi connectivity index (χ4v) is 3.34. The SMILES string of the molecule is CC(C)C1CCC(c2ccc(C3CO3)cc2)CC1. The Morgan fingerprint density at radius 3 is 2.00 bits per heavy atom. The molecule has 1 atom stereocenters. The highest BCUT2D eigenvalue weighted by Crippen LogP contribution is 2.39. The second-order valence-electron chi connectivity index (χ2n) is 6.34. The van der Waals surface area contributed by atoms with Crippen LogP contribution in [0.1, 0.15) is 62.7 Å². The number of epoxide rings is 1. The van der Waals surface area contributed by atoms with Gasteiger partial charge >= 0.3 is 0 Å². The van der Waals surface area contributed by atoms with E-state index in [0.29, 0.717) is 6.10 Å². The van der Waals surface area contributed by atoms with E-state index in [1.807, 2.05) is 0 Å². The molecule has 1 aromatic carbocycles. The molecule has 0 aromatic heterocycles. The number of ether oxygens (including phenoxy) is 1. The van der Waals surface area contributed by atoms with Gasteiger partial charge in [0.05, 0.1) is 6.61 Å². The summed E-state index contributed by atoms with van der Waals surface area (Å²) >= 11 is 0. The molecule has 2 fully saturated rings. The minimum absolute atomic E-state index is 0.399. The maximum Gasteiger partial charge on any atom is 0.106 e. The van der Waals surface area contributed by atoms with Gasteiger partial charge in [-0.3, -0.25) is 0 Å². The van der Waals surface area contributed by atoms with Crippen molar-refractivity contribution in [2.75, 3.05) is 6.61 Å². The first-order valence-corrected chi connectivity index (χ1v) is 7.45. The van der Waals surface area contributed by atoms with Gasteiger partial charge in [0.15, 0.2) is 0 Å². The van der Waals surface area contributed by atoms with E-state index in [2.05, 4.69) is 38.1 Å². The van der Waals surface area contributed by atoms with Crippen LogP contribution in [0.3, 0.4) is 0 Å². The molecule has 1 saturated carbocycles. The minimum atomic E-state index is 0.399. The maximum atomic E-state index is 5.32. The molecule has 1 aliphatic carbocycles. The van der Waals surface area contributed by atoms with Crippen molar-refractivity contribution >= 4 is 0 Å². The van der Waals surface area contributed by atoms with Crippen molar-refractivity contribution < 1.29 is 4.74 Å². The third-order valence-electron chi connectivity index (χ3n) is 4.83. The second-order valence-corrected chi connectivity index (χ2v) is 6.34. The van der Waals surface area contributed by atoms with E-state index in [4.69, 9.17) is 4.74 Å². The molecular weight excluding hydrogens is 220 g/mol. The van der Waals surface area contributed by atoms with Crippen LogP contribution in [0, 0.1) is 11.8 Å². The second kappa shape index (κ2) is 5.05. The van der Waals surface area contributed by atoms with Gasteiger partial charge in [-0.2, -0.15) is 0 Å². The zero-order valence-corrected chi connectivity index (χ0v) is 11.6. The topological polar surface area (TPSA) is 12.5 Å². The van der Waals surface area contributed by atoms with Gasteiger partial charge in [-0.15, -0.1) is 0 Å². The Labute approximate surface area is 111 Å². The van der Waals surface area contributed by atoms with Gasteiger partial charge in [0.2, 0.25) is 0 Å². The molecule has 1 nitrogen and oxygen atoms in total. The normalized spacial score (nSPS) is 31.6. The standard InChI is InChI=1S/C17H24O/c1-12(2)13-3-5-14(6-4-13)15-7-9-16(10-8-15)17-11-18-17/h7-10,12-14,17H,3-6,11H2,1-2H3. The highest BCUT2D eigenvalue weighted by atomic mass is 16.6. The molecule has 98 valence electrons. The third kappa shape index (κ3) is 2.61. The van der Waals surface area contributed by atoms with E-state index in [9.17, 15) is 0 Å². The van der Waals surface area contributed by atoms with Crippen LogP contribution in [-0.4, -0.2) is 6.61 Å². The Morgan fingerprint density at radius 1 is 0.944 bits per heavy atom. The Balaban J connectivity index is 1.61. The van der Waals surface area contributed by atoms with Crippen LogP contribution in [0.5, 0.6) is 0 Å². The smallest absolute Gasteiger partial charge is 0.106 e. The number of hydrogen-bond donors (Lipinski definition) is 0. The monoisotopic (exact) mass is 244 g/mol. The molecule has 0 radical (unpaired) electrons. The molecule has 18 heavy (non-hydrogen) atoms. The number of benzene rings is 1. The predicted octanol–water partition coefficient (Wildman–Crippen LogP) is 4.69. The van der Waals surface area contributed by atoms with Crippen molar-refractivity contribution in [3.8, 4) is 0 Å². The minimum Gasteiger partial charge on any atom is -0.368 e. The lowest BCUT2D eigenvalue weighted by molar-refractivity contribution is 0.259. The van der Waals surface area contributed by atoms with Crippen LogP contribution in [0.4, 0.5) is 0 Å². The first-order chi connectivity index (χ1) is 8.74. The third-order valence-corrected chi connectivity index (χ3v) is 4.83. The fraction of sp³-hybridized carbons (Fsp3) is 0.647. The van der Waals surface area contributed by atoms with Crippen LogP contribution >= 0.6 is 0 Å². The summed E-state index contributed by atoms with van der Waals surface area (Å²) in [5.41, 5.74) is 2.90. The molecule has 0 spiro atoms. The van der Waals surface area contributed by atoms with Gasteiger partial charge in [0.1, 0.15) is 6.10 Å². The Bertz CT molecular complexity index is 381. The summed E-state index contributed by atoms with van der Waals surface area (Å²) in [5.74, 6) is 2.62. The molecule has 1 unspecified atom stereocenters. The van der Waals surface area contributed by atoms with E-state index >= 15 is 0 Å². The number of rotatable bonds is 3. The Kier molecular flexibility index (Phi) is 3.43. The van der Waals surface area contributed by atoms with Crippen molar-refractivity contribution in [2.45, 2.75) is 51.6 Å². The van der Waals surface area contributed by atoms with Crippen LogP contribution in [0.15, 0.2) is 24.3 Å². The molecule has 2 aliphatic rings. The van der Waals surface area contributed by atoms with E-state index in [0.717, 1.165) is 24.4 Å². The summed E-state index contributed by atoms with van der Waals surface area (Å²) in [6.45, 7) is 5.66. The van der Waals surface area contributed by atoms with E-state index in [1.54, 1.807) is 5.56 Å². The Morgan fingerprint density at radius 2 is 1.50 bits per heavy atom. The molecule has 3 rings (SSSR count). The molecular formula is C17H24O. The number of hydrogen-bond acceptors (Lipinski definition) is 1. The van der Waals surface area contributed by atoms with Crippen molar-refractivity contribution in [2.24, 2.45) is 11.8 Å². The molecule has 1 heteroatoms. The summed E-state index contributed by atoms with van der Waals surface area (Å²) < 4.78 is 5.32. The van der Waals surface area contributed by atoms with E-state index in [-0.39, 0.29) is 0 Å². The van der Waals surface area contributed by atoms with Crippen LogP contribution in [0.25, 0.3) is 0 Å². The average Bonchev–Trinajstić information content (AvgIpc) is 3.23. The van der Waals surface area contributed by atoms with Crippen LogP contribution in [-0.2, 0) is 4.74 Å². The highest BCUT2D eigenvalue weighted by Gasteiger charge is 2.26. The highest BCUT2D eigenvalue weighted by molar-refractivity contribution is 5.28. The van der Waals surface area contributed by atoms with Crippen molar-refractivity contribution in [3.05, 3.63) is 35.4 Å². The Hall–Kier alpha value is -0.820. The molecule has 1 aliphatic heterocycles. The fourth-order valence-electron chi connectivity index (χ4n) is 3.34. The summed E-state index contributed by atoms with van der Waals surface area (Å²) in [7, 11) is 0. The van der Waals surface area contributed by atoms with Gasteiger partial charge in [-0.25, -0.2) is 0 Å². The zero-order chi connectivity index (χ0) is 12.5. The van der Waals surface area contributed by atoms with Gasteiger partial charge < -0.3 is 4.74 Å². The summed E-state index contributed by atoms with van der Waals surface area (Å²) in [5, 5.41) is 0. The molecule has 0 bridgehead atoms. The quantitative estimate of drug-likeness (QED) is 0.703. The molecule has 1 aromatic rings. The lowest BCUT2D eigenvalue weighted by atomic mass is 9.75. The largest absolute Gasteiger partial charge is 0.368 e. The van der Waals surface area contributed by atoms with Crippen LogP contribution in [0.2, 0.25) is 0 Å². The zero-order valence-electron chi connectivity index (χ0n) is 11.6. The molecule has 1 heterocycles. The van der Waals surface area contributed by atoms with Crippen molar-refractivity contribution in [1.82, 2.24) is 0 Å².